The van der Waals surface area contributed by atoms with Crippen LogP contribution in [0.2, 0.25) is 10.0 Å². The van der Waals surface area contributed by atoms with Crippen LogP contribution >= 0.6 is 46.3 Å². The predicted molar refractivity (Wildman–Crippen MR) is 120 cm³/mol. The quantitative estimate of drug-likeness (QED) is 0.338. The number of amides is 1. The predicted octanol–water partition coefficient (Wildman–Crippen LogP) is 5.82. The number of thioether (sulfide) groups is 1. The van der Waals surface area contributed by atoms with Crippen molar-refractivity contribution in [3.63, 3.8) is 0 Å². The summed E-state index contributed by atoms with van der Waals surface area (Å²) in [7, 11) is 0. The zero-order valence-corrected chi connectivity index (χ0v) is 18.5. The third-order valence-electron chi connectivity index (χ3n) is 3.92. The van der Waals surface area contributed by atoms with Crippen molar-refractivity contribution in [1.29, 1.82) is 0 Å². The monoisotopic (exact) mass is 476 g/mol. The first-order chi connectivity index (χ1) is 14.5. The van der Waals surface area contributed by atoms with Gasteiger partial charge < -0.3 is 9.73 Å². The van der Waals surface area contributed by atoms with Gasteiger partial charge in [0.1, 0.15) is 0 Å². The lowest BCUT2D eigenvalue weighted by Crippen LogP contribution is -2.13. The molecule has 2 heterocycles. The molecule has 2 aromatic heterocycles. The lowest BCUT2D eigenvalue weighted by molar-refractivity contribution is -0.113. The van der Waals surface area contributed by atoms with Gasteiger partial charge in [-0.25, -0.2) is 4.98 Å². The molecule has 0 aliphatic rings. The first-order valence-corrected chi connectivity index (χ1v) is 11.3. The number of nitrogens with zero attached hydrogens (tertiary/aromatic N) is 3. The Morgan fingerprint density at radius 2 is 1.73 bits per heavy atom. The molecule has 0 unspecified atom stereocenters. The van der Waals surface area contributed by atoms with Crippen LogP contribution in [0.4, 0.5) is 5.13 Å². The highest BCUT2D eigenvalue weighted by Gasteiger charge is 2.13. The molecule has 4 aromatic rings. The van der Waals surface area contributed by atoms with Crippen molar-refractivity contribution in [1.82, 2.24) is 15.2 Å². The smallest absolute Gasteiger partial charge is 0.277 e. The van der Waals surface area contributed by atoms with Crippen LogP contribution in [0.25, 0.3) is 11.5 Å². The molecular formula is C20H14Cl2N4O2S2. The van der Waals surface area contributed by atoms with E-state index in [0.717, 1.165) is 34.2 Å². The van der Waals surface area contributed by atoms with Gasteiger partial charge in [0.15, 0.2) is 5.13 Å². The fourth-order valence-corrected chi connectivity index (χ4v) is 4.19. The molecule has 2 aromatic carbocycles. The zero-order valence-electron chi connectivity index (χ0n) is 15.3. The van der Waals surface area contributed by atoms with Crippen LogP contribution in [0.3, 0.4) is 0 Å². The second kappa shape index (κ2) is 9.61. The van der Waals surface area contributed by atoms with E-state index in [1.165, 1.54) is 11.3 Å². The Morgan fingerprint density at radius 1 is 1.03 bits per heavy atom. The van der Waals surface area contributed by atoms with Gasteiger partial charge in [-0.2, -0.15) is 0 Å². The van der Waals surface area contributed by atoms with E-state index in [-0.39, 0.29) is 11.7 Å². The van der Waals surface area contributed by atoms with Crippen LogP contribution in [0, 0.1) is 0 Å². The molecule has 0 atom stereocenters. The average molecular weight is 477 g/mol. The molecule has 0 spiro atoms. The number of carbonyl (C=O) groups excluding carboxylic acids is 1. The number of hydrogen-bond acceptors (Lipinski definition) is 7. The summed E-state index contributed by atoms with van der Waals surface area (Å²) in [4.78, 5) is 17.5. The molecule has 4 rings (SSSR count). The minimum Gasteiger partial charge on any atom is -0.411 e. The number of carbonyl (C=O) groups is 1. The SMILES string of the molecule is O=C(CSc1nnc(-c2ccc(Cl)cc2)o1)Nc1ncc(Cc2ccc(Cl)cc2)s1. The Morgan fingerprint density at radius 3 is 2.47 bits per heavy atom. The van der Waals surface area contributed by atoms with E-state index in [4.69, 9.17) is 27.6 Å². The van der Waals surface area contributed by atoms with Crippen LogP contribution in [-0.2, 0) is 11.2 Å². The summed E-state index contributed by atoms with van der Waals surface area (Å²) in [5.74, 6) is 0.314. The fourth-order valence-electron chi connectivity index (χ4n) is 2.51. The van der Waals surface area contributed by atoms with Gasteiger partial charge in [-0.15, -0.1) is 21.5 Å². The lowest BCUT2D eigenvalue weighted by atomic mass is 10.1. The first kappa shape index (κ1) is 20.9. The summed E-state index contributed by atoms with van der Waals surface area (Å²) >= 11 is 14.4. The van der Waals surface area contributed by atoms with Crippen molar-refractivity contribution in [2.45, 2.75) is 11.6 Å². The molecule has 30 heavy (non-hydrogen) atoms. The Kier molecular flexibility index (Phi) is 6.69. The summed E-state index contributed by atoms with van der Waals surface area (Å²) in [6.45, 7) is 0. The largest absolute Gasteiger partial charge is 0.411 e. The second-order valence-electron chi connectivity index (χ2n) is 6.15. The fraction of sp³-hybridized carbons (Fsp3) is 0.100. The van der Waals surface area contributed by atoms with E-state index in [9.17, 15) is 4.79 Å². The topological polar surface area (TPSA) is 80.9 Å². The minimum absolute atomic E-state index is 0.133. The van der Waals surface area contributed by atoms with Gasteiger partial charge in [0, 0.05) is 33.1 Å². The molecule has 1 amide bonds. The van der Waals surface area contributed by atoms with Crippen LogP contribution in [0.1, 0.15) is 10.4 Å². The third kappa shape index (κ3) is 5.60. The molecule has 10 heteroatoms. The van der Waals surface area contributed by atoms with Gasteiger partial charge in [-0.05, 0) is 42.0 Å². The van der Waals surface area contributed by atoms with Crippen LogP contribution in [-0.4, -0.2) is 26.8 Å². The number of anilines is 1. The molecule has 1 N–H and O–H groups in total. The van der Waals surface area contributed by atoms with E-state index in [0.29, 0.717) is 26.3 Å². The summed E-state index contributed by atoms with van der Waals surface area (Å²) < 4.78 is 5.58. The Balaban J connectivity index is 1.28. The number of benzene rings is 2. The van der Waals surface area contributed by atoms with Gasteiger partial charge in [0.2, 0.25) is 11.8 Å². The summed E-state index contributed by atoms with van der Waals surface area (Å²) in [5.41, 5.74) is 1.89. The molecule has 0 fully saturated rings. The summed E-state index contributed by atoms with van der Waals surface area (Å²) in [6.07, 6.45) is 2.49. The lowest BCUT2D eigenvalue weighted by Gasteiger charge is -2.00. The van der Waals surface area contributed by atoms with Crippen molar-refractivity contribution >= 4 is 57.3 Å². The zero-order chi connectivity index (χ0) is 20.9. The molecule has 6 nitrogen and oxygen atoms in total. The second-order valence-corrected chi connectivity index (χ2v) is 9.07. The Bertz CT molecular complexity index is 1140. The van der Waals surface area contributed by atoms with Crippen LogP contribution in [0.15, 0.2) is 64.4 Å². The van der Waals surface area contributed by atoms with E-state index in [1.54, 1.807) is 30.5 Å². The van der Waals surface area contributed by atoms with Gasteiger partial charge >= 0.3 is 0 Å². The molecule has 0 aliphatic heterocycles. The number of rotatable bonds is 7. The highest BCUT2D eigenvalue weighted by atomic mass is 35.5. The maximum atomic E-state index is 12.2. The minimum atomic E-state index is -0.196. The molecule has 0 saturated heterocycles. The summed E-state index contributed by atoms with van der Waals surface area (Å²) in [5, 5.41) is 13.0. The number of halogens is 2. The average Bonchev–Trinajstić information content (AvgIpc) is 3.38. The highest BCUT2D eigenvalue weighted by molar-refractivity contribution is 7.99. The number of nitrogens with one attached hydrogen (secondary N) is 1. The van der Waals surface area contributed by atoms with Gasteiger partial charge in [-0.1, -0.05) is 47.1 Å². The van der Waals surface area contributed by atoms with E-state index in [2.05, 4.69) is 20.5 Å². The standard InChI is InChI=1S/C20H14Cl2N4O2S2/c21-14-5-1-12(2-6-14)9-16-10-23-19(30-16)24-17(27)11-29-20-26-25-18(28-20)13-3-7-15(22)8-4-13/h1-8,10H,9,11H2,(H,23,24,27). The molecule has 152 valence electrons. The number of hydrogen-bond donors (Lipinski definition) is 1. The van der Waals surface area contributed by atoms with Crippen molar-refractivity contribution < 1.29 is 9.21 Å². The van der Waals surface area contributed by atoms with Crippen LogP contribution < -0.4 is 5.32 Å². The maximum Gasteiger partial charge on any atom is 0.277 e. The van der Waals surface area contributed by atoms with Crippen molar-refractivity contribution in [3.8, 4) is 11.5 Å². The van der Waals surface area contributed by atoms with Crippen molar-refractivity contribution in [3.05, 3.63) is 75.2 Å². The Labute approximate surface area is 190 Å². The van der Waals surface area contributed by atoms with E-state index >= 15 is 0 Å². The normalized spacial score (nSPS) is 10.9. The number of aromatic nitrogens is 3. The van der Waals surface area contributed by atoms with Crippen LogP contribution in [0.5, 0.6) is 0 Å². The molecule has 0 saturated carbocycles. The molecule has 0 radical (unpaired) electrons. The van der Waals surface area contributed by atoms with Gasteiger partial charge in [0.25, 0.3) is 5.22 Å². The molecular weight excluding hydrogens is 463 g/mol. The number of thiazole rings is 1. The summed E-state index contributed by atoms with van der Waals surface area (Å²) in [6, 6.07) is 14.7. The van der Waals surface area contributed by atoms with Crippen molar-refractivity contribution in [2.75, 3.05) is 11.1 Å². The van der Waals surface area contributed by atoms with Crippen molar-refractivity contribution in [2.24, 2.45) is 0 Å². The molecule has 0 aliphatic carbocycles. The first-order valence-electron chi connectivity index (χ1n) is 8.76. The molecule has 0 bridgehead atoms. The highest BCUT2D eigenvalue weighted by Crippen LogP contribution is 2.25. The Hall–Kier alpha value is -2.39. The third-order valence-corrected chi connectivity index (χ3v) is 6.15. The maximum absolute atomic E-state index is 12.2. The van der Waals surface area contributed by atoms with Gasteiger partial charge in [0.05, 0.1) is 5.75 Å². The van der Waals surface area contributed by atoms with E-state index < -0.39 is 0 Å². The van der Waals surface area contributed by atoms with E-state index in [1.807, 2.05) is 24.3 Å². The van der Waals surface area contributed by atoms with Gasteiger partial charge in [-0.3, -0.25) is 4.79 Å².